The van der Waals surface area contributed by atoms with E-state index >= 15 is 0 Å². The number of esters is 1. The largest absolute Gasteiger partial charge is 0.465 e. The van der Waals surface area contributed by atoms with E-state index in [-0.39, 0.29) is 22.7 Å². The van der Waals surface area contributed by atoms with Crippen LogP contribution in [0.5, 0.6) is 0 Å². The number of methoxy groups -OCH3 is 1. The van der Waals surface area contributed by atoms with Crippen molar-refractivity contribution in [2.45, 2.75) is 6.42 Å². The number of ether oxygens (including phenoxy) is 1. The van der Waals surface area contributed by atoms with Gasteiger partial charge in [-0.2, -0.15) is 0 Å². The molecule has 1 amide bonds. The van der Waals surface area contributed by atoms with E-state index in [1.807, 2.05) is 0 Å². The summed E-state index contributed by atoms with van der Waals surface area (Å²) in [5, 5.41) is 14.0. The highest BCUT2D eigenvalue weighted by atomic mass is 19.1. The lowest BCUT2D eigenvalue weighted by atomic mass is 9.78. The summed E-state index contributed by atoms with van der Waals surface area (Å²) in [5.41, 5.74) is -0.984. The zero-order chi connectivity index (χ0) is 16.8. The molecule has 0 aromatic heterocycles. The van der Waals surface area contributed by atoms with Gasteiger partial charge in [0.1, 0.15) is 17.1 Å². The molecule has 0 radical (unpaired) electrons. The van der Waals surface area contributed by atoms with E-state index in [1.165, 1.54) is 0 Å². The minimum Gasteiger partial charge on any atom is -0.465 e. The molecule has 1 aromatic carbocycles. The third-order valence-corrected chi connectivity index (χ3v) is 4.26. The Balaban J connectivity index is 1.91. The maximum Gasteiger partial charge on any atom is 0.341 e. The Morgan fingerprint density at radius 1 is 1.48 bits per heavy atom. The highest BCUT2D eigenvalue weighted by molar-refractivity contribution is 5.92. The molecule has 8 nitrogen and oxygen atoms in total. The average molecular weight is 323 g/mol. The Labute approximate surface area is 130 Å². The molecule has 1 N–H and O–H groups in total. The van der Waals surface area contributed by atoms with Crippen LogP contribution in [0.25, 0.3) is 0 Å². The summed E-state index contributed by atoms with van der Waals surface area (Å²) in [7, 11) is 1.07. The van der Waals surface area contributed by atoms with Gasteiger partial charge in [0.05, 0.1) is 12.0 Å². The molecular weight excluding hydrogens is 309 g/mol. The van der Waals surface area contributed by atoms with Crippen LogP contribution in [0.1, 0.15) is 16.8 Å². The lowest BCUT2D eigenvalue weighted by Crippen LogP contribution is -2.57. The first-order valence-corrected chi connectivity index (χ1v) is 6.93. The summed E-state index contributed by atoms with van der Waals surface area (Å²) < 4.78 is 18.5. The van der Waals surface area contributed by atoms with Gasteiger partial charge in [0.25, 0.3) is 5.69 Å². The topological polar surface area (TPSA) is 102 Å². The number of nitro benzene ring substituents is 1. The first-order chi connectivity index (χ1) is 10.8. The molecule has 0 unspecified atom stereocenters. The van der Waals surface area contributed by atoms with Crippen molar-refractivity contribution in [2.75, 3.05) is 31.6 Å². The number of carbonyl (C=O) groups excluding carboxylic acids is 2. The van der Waals surface area contributed by atoms with Crippen LogP contribution in [-0.2, 0) is 9.53 Å². The van der Waals surface area contributed by atoms with Crippen molar-refractivity contribution in [3.05, 3.63) is 33.6 Å². The second-order valence-corrected chi connectivity index (χ2v) is 5.88. The number of benzene rings is 1. The standard InChI is InChI=1S/C14H14FN3O5/c1-23-13(20)8-2-11(18(21)22)10(3-9(8)15)17-6-14(7-17)4-12(19)16-5-14/h2-3H,4-7H2,1H3,(H,16,19). The van der Waals surface area contributed by atoms with Crippen LogP contribution in [0.4, 0.5) is 15.8 Å². The minimum atomic E-state index is -0.970. The van der Waals surface area contributed by atoms with Gasteiger partial charge in [0, 0.05) is 43.6 Å². The fourth-order valence-electron chi connectivity index (χ4n) is 3.13. The number of amides is 1. The van der Waals surface area contributed by atoms with Crippen molar-refractivity contribution in [3.63, 3.8) is 0 Å². The van der Waals surface area contributed by atoms with E-state index in [4.69, 9.17) is 0 Å². The zero-order valence-electron chi connectivity index (χ0n) is 12.3. The molecule has 2 fully saturated rings. The van der Waals surface area contributed by atoms with Gasteiger partial charge in [-0.1, -0.05) is 0 Å². The monoisotopic (exact) mass is 323 g/mol. The number of anilines is 1. The number of carbonyl (C=O) groups is 2. The fraction of sp³-hybridized carbons (Fsp3) is 0.429. The highest BCUT2D eigenvalue weighted by Gasteiger charge is 2.49. The van der Waals surface area contributed by atoms with Gasteiger partial charge in [-0.3, -0.25) is 14.9 Å². The van der Waals surface area contributed by atoms with Crippen molar-refractivity contribution in [1.82, 2.24) is 5.32 Å². The first kappa shape index (κ1) is 15.2. The predicted molar refractivity (Wildman–Crippen MR) is 76.7 cm³/mol. The molecule has 9 heteroatoms. The van der Waals surface area contributed by atoms with Crippen molar-refractivity contribution in [1.29, 1.82) is 0 Å². The number of hydrogen-bond acceptors (Lipinski definition) is 6. The van der Waals surface area contributed by atoms with E-state index < -0.39 is 22.3 Å². The van der Waals surface area contributed by atoms with E-state index in [2.05, 4.69) is 10.1 Å². The molecule has 1 spiro atoms. The Morgan fingerprint density at radius 2 is 2.17 bits per heavy atom. The van der Waals surface area contributed by atoms with Crippen LogP contribution < -0.4 is 10.2 Å². The van der Waals surface area contributed by atoms with Crippen LogP contribution >= 0.6 is 0 Å². The average Bonchev–Trinajstić information content (AvgIpc) is 2.86. The van der Waals surface area contributed by atoms with Gasteiger partial charge >= 0.3 is 5.97 Å². The Kier molecular flexibility index (Phi) is 3.42. The number of nitrogens with zero attached hydrogens (tertiary/aromatic N) is 2. The molecule has 2 saturated heterocycles. The third kappa shape index (κ3) is 2.47. The Bertz CT molecular complexity index is 715. The second-order valence-electron chi connectivity index (χ2n) is 5.88. The summed E-state index contributed by atoms with van der Waals surface area (Å²) in [4.78, 5) is 35.0. The van der Waals surface area contributed by atoms with Gasteiger partial charge in [-0.05, 0) is 0 Å². The molecule has 1 aromatic rings. The predicted octanol–water partition coefficient (Wildman–Crippen LogP) is 0.847. The van der Waals surface area contributed by atoms with E-state index in [0.29, 0.717) is 26.1 Å². The van der Waals surface area contributed by atoms with Crippen molar-refractivity contribution >= 4 is 23.3 Å². The number of nitrogens with one attached hydrogen (secondary N) is 1. The van der Waals surface area contributed by atoms with Crippen LogP contribution in [0, 0.1) is 21.3 Å². The number of hydrogen-bond donors (Lipinski definition) is 1. The van der Waals surface area contributed by atoms with Gasteiger partial charge in [-0.25, -0.2) is 9.18 Å². The van der Waals surface area contributed by atoms with Crippen molar-refractivity contribution < 1.29 is 23.6 Å². The maximum absolute atomic E-state index is 14.1. The second kappa shape index (κ2) is 5.18. The minimum absolute atomic E-state index is 0.0497. The normalized spacial score (nSPS) is 18.5. The Morgan fingerprint density at radius 3 is 2.70 bits per heavy atom. The van der Waals surface area contributed by atoms with E-state index in [9.17, 15) is 24.1 Å². The van der Waals surface area contributed by atoms with Gasteiger partial charge in [0.15, 0.2) is 0 Å². The molecule has 0 aliphatic carbocycles. The van der Waals surface area contributed by atoms with Crippen molar-refractivity contribution in [2.24, 2.45) is 5.41 Å². The van der Waals surface area contributed by atoms with Gasteiger partial charge in [0.2, 0.25) is 5.91 Å². The van der Waals surface area contributed by atoms with Crippen LogP contribution in [0.2, 0.25) is 0 Å². The van der Waals surface area contributed by atoms with E-state index in [1.54, 1.807) is 4.90 Å². The molecule has 122 valence electrons. The Hall–Kier alpha value is -2.71. The summed E-state index contributed by atoms with van der Waals surface area (Å²) in [6.45, 7) is 1.35. The maximum atomic E-state index is 14.1. The molecule has 2 aliphatic heterocycles. The third-order valence-electron chi connectivity index (χ3n) is 4.26. The van der Waals surface area contributed by atoms with Crippen molar-refractivity contribution in [3.8, 4) is 0 Å². The molecular formula is C14H14FN3O5. The molecule has 2 heterocycles. The smallest absolute Gasteiger partial charge is 0.341 e. The molecule has 0 bridgehead atoms. The number of halogens is 1. The van der Waals surface area contributed by atoms with E-state index in [0.717, 1.165) is 19.2 Å². The van der Waals surface area contributed by atoms with Crippen LogP contribution in [-0.4, -0.2) is 43.5 Å². The lowest BCUT2D eigenvalue weighted by molar-refractivity contribution is -0.384. The van der Waals surface area contributed by atoms with Gasteiger partial charge in [-0.15, -0.1) is 0 Å². The molecule has 2 aliphatic rings. The SMILES string of the molecule is COC(=O)c1cc([N+](=O)[O-])c(N2CC3(CNC(=O)C3)C2)cc1F. The lowest BCUT2D eigenvalue weighted by Gasteiger charge is -2.48. The molecule has 3 rings (SSSR count). The van der Waals surface area contributed by atoms with Gasteiger partial charge < -0.3 is 15.0 Å². The summed E-state index contributed by atoms with van der Waals surface area (Å²) in [6.07, 6.45) is 0.361. The molecule has 0 saturated carbocycles. The fourth-order valence-corrected chi connectivity index (χ4v) is 3.13. The summed E-state index contributed by atoms with van der Waals surface area (Å²) in [6, 6.07) is 1.86. The number of nitro groups is 1. The van der Waals surface area contributed by atoms with Crippen LogP contribution in [0.3, 0.4) is 0 Å². The first-order valence-electron chi connectivity index (χ1n) is 6.93. The molecule has 23 heavy (non-hydrogen) atoms. The highest BCUT2D eigenvalue weighted by Crippen LogP contribution is 2.43. The number of rotatable bonds is 3. The summed E-state index contributed by atoms with van der Waals surface area (Å²) >= 11 is 0. The molecule has 0 atom stereocenters. The quantitative estimate of drug-likeness (QED) is 0.502. The van der Waals surface area contributed by atoms with Crippen LogP contribution in [0.15, 0.2) is 12.1 Å². The summed E-state index contributed by atoms with van der Waals surface area (Å²) in [5.74, 6) is -1.90. The zero-order valence-corrected chi connectivity index (χ0v) is 12.3.